The molecule has 2 aromatic carbocycles. The molecule has 2 aromatic rings. The summed E-state index contributed by atoms with van der Waals surface area (Å²) in [5, 5.41) is 0. The molecule has 1 saturated heterocycles. The largest absolute Gasteiger partial charge is 0.496 e. The Morgan fingerprint density at radius 1 is 0.963 bits per heavy atom. The lowest BCUT2D eigenvalue weighted by molar-refractivity contribution is -0.130. The third-order valence-electron chi connectivity index (χ3n) is 4.92. The lowest BCUT2D eigenvalue weighted by Crippen LogP contribution is -2.38. The van der Waals surface area contributed by atoms with Crippen molar-refractivity contribution in [2.45, 2.75) is 19.8 Å². The minimum atomic E-state index is -0.0343. The van der Waals surface area contributed by atoms with Gasteiger partial charge in [0.15, 0.2) is 0 Å². The number of methoxy groups -OCH3 is 1. The Morgan fingerprint density at radius 3 is 2.41 bits per heavy atom. The molecule has 1 aliphatic heterocycles. The van der Waals surface area contributed by atoms with Crippen LogP contribution in [0.4, 0.5) is 0 Å². The standard InChI is InChI=1S/C22H26N2O3/c1-17-9-10-20(27-2)19(15-17)22(26)24-12-6-11-23(13-14-24)21(25)16-18-7-4-3-5-8-18/h3-5,7-10,15H,6,11-14,16H2,1-2H3. The molecule has 1 aliphatic rings. The molecule has 5 nitrogen and oxygen atoms in total. The van der Waals surface area contributed by atoms with Crippen LogP contribution in [0.15, 0.2) is 48.5 Å². The van der Waals surface area contributed by atoms with E-state index in [4.69, 9.17) is 4.74 Å². The molecule has 0 bridgehead atoms. The van der Waals surface area contributed by atoms with Gasteiger partial charge in [-0.25, -0.2) is 0 Å². The van der Waals surface area contributed by atoms with Crippen molar-refractivity contribution in [3.8, 4) is 5.75 Å². The number of hydrogen-bond donors (Lipinski definition) is 0. The van der Waals surface area contributed by atoms with Crippen molar-refractivity contribution in [1.82, 2.24) is 9.80 Å². The average molecular weight is 366 g/mol. The summed E-state index contributed by atoms with van der Waals surface area (Å²) in [6, 6.07) is 15.4. The van der Waals surface area contributed by atoms with Gasteiger partial charge in [-0.05, 0) is 31.0 Å². The number of ether oxygens (including phenoxy) is 1. The summed E-state index contributed by atoms with van der Waals surface area (Å²) >= 11 is 0. The van der Waals surface area contributed by atoms with Crippen LogP contribution in [0.2, 0.25) is 0 Å². The first-order valence-electron chi connectivity index (χ1n) is 9.34. The molecule has 0 radical (unpaired) electrons. The Labute approximate surface area is 160 Å². The van der Waals surface area contributed by atoms with Gasteiger partial charge >= 0.3 is 0 Å². The van der Waals surface area contributed by atoms with Crippen LogP contribution in [0.25, 0.3) is 0 Å². The van der Waals surface area contributed by atoms with Gasteiger partial charge in [0.25, 0.3) is 5.91 Å². The van der Waals surface area contributed by atoms with Gasteiger partial charge in [0.2, 0.25) is 5.91 Å². The van der Waals surface area contributed by atoms with E-state index in [0.29, 0.717) is 43.9 Å². The summed E-state index contributed by atoms with van der Waals surface area (Å²) in [4.78, 5) is 29.3. The highest BCUT2D eigenvalue weighted by molar-refractivity contribution is 5.97. The zero-order valence-corrected chi connectivity index (χ0v) is 16.0. The second-order valence-electron chi connectivity index (χ2n) is 6.89. The van der Waals surface area contributed by atoms with E-state index in [1.54, 1.807) is 7.11 Å². The molecule has 0 saturated carbocycles. The molecule has 1 fully saturated rings. The van der Waals surface area contributed by atoms with Gasteiger partial charge < -0.3 is 14.5 Å². The summed E-state index contributed by atoms with van der Waals surface area (Å²) in [6.07, 6.45) is 1.18. The van der Waals surface area contributed by atoms with Gasteiger partial charge in [-0.1, -0.05) is 42.0 Å². The van der Waals surface area contributed by atoms with Crippen LogP contribution < -0.4 is 4.74 Å². The van der Waals surface area contributed by atoms with E-state index in [9.17, 15) is 9.59 Å². The molecule has 0 aromatic heterocycles. The van der Waals surface area contributed by atoms with Crippen molar-refractivity contribution in [3.63, 3.8) is 0 Å². The zero-order valence-electron chi connectivity index (χ0n) is 16.0. The normalized spacial score (nSPS) is 14.6. The van der Waals surface area contributed by atoms with Crippen molar-refractivity contribution >= 4 is 11.8 Å². The van der Waals surface area contributed by atoms with Crippen molar-refractivity contribution in [1.29, 1.82) is 0 Å². The number of carbonyl (C=O) groups is 2. The summed E-state index contributed by atoms with van der Waals surface area (Å²) in [7, 11) is 1.58. The van der Waals surface area contributed by atoms with Gasteiger partial charge in [-0.15, -0.1) is 0 Å². The second kappa shape index (κ2) is 8.71. The van der Waals surface area contributed by atoms with Crippen LogP contribution >= 0.6 is 0 Å². The van der Waals surface area contributed by atoms with E-state index in [-0.39, 0.29) is 11.8 Å². The molecule has 0 unspecified atom stereocenters. The molecule has 27 heavy (non-hydrogen) atoms. The Balaban J connectivity index is 1.65. The lowest BCUT2D eigenvalue weighted by atomic mass is 10.1. The maximum atomic E-state index is 13.0. The Hall–Kier alpha value is -2.82. The summed E-state index contributed by atoms with van der Waals surface area (Å²) in [6.45, 7) is 4.38. The topological polar surface area (TPSA) is 49.9 Å². The third-order valence-corrected chi connectivity index (χ3v) is 4.92. The number of nitrogens with zero attached hydrogens (tertiary/aromatic N) is 2. The van der Waals surface area contributed by atoms with Crippen LogP contribution in [0.3, 0.4) is 0 Å². The molecule has 1 heterocycles. The van der Waals surface area contributed by atoms with Crippen LogP contribution in [0.1, 0.15) is 27.9 Å². The smallest absolute Gasteiger partial charge is 0.257 e. The number of carbonyl (C=O) groups excluding carboxylic acids is 2. The molecule has 2 amide bonds. The Morgan fingerprint density at radius 2 is 1.67 bits per heavy atom. The van der Waals surface area contributed by atoms with Gasteiger partial charge in [0.05, 0.1) is 19.1 Å². The van der Waals surface area contributed by atoms with Crippen molar-refractivity contribution in [2.24, 2.45) is 0 Å². The predicted molar refractivity (Wildman–Crippen MR) is 105 cm³/mol. The molecule has 0 atom stereocenters. The van der Waals surface area contributed by atoms with E-state index in [0.717, 1.165) is 17.5 Å². The second-order valence-corrected chi connectivity index (χ2v) is 6.89. The molecule has 0 spiro atoms. The van der Waals surface area contributed by atoms with Gasteiger partial charge in [0.1, 0.15) is 5.75 Å². The van der Waals surface area contributed by atoms with Crippen molar-refractivity contribution in [3.05, 3.63) is 65.2 Å². The summed E-state index contributed by atoms with van der Waals surface area (Å²) < 4.78 is 5.36. The fourth-order valence-corrected chi connectivity index (χ4v) is 3.41. The maximum Gasteiger partial charge on any atom is 0.257 e. The first-order valence-corrected chi connectivity index (χ1v) is 9.34. The summed E-state index contributed by atoms with van der Waals surface area (Å²) in [5.74, 6) is 0.670. The number of amides is 2. The number of hydrogen-bond acceptors (Lipinski definition) is 3. The van der Waals surface area contributed by atoms with E-state index < -0.39 is 0 Å². The molecule has 0 aliphatic carbocycles. The van der Waals surface area contributed by atoms with E-state index >= 15 is 0 Å². The van der Waals surface area contributed by atoms with E-state index in [2.05, 4.69) is 0 Å². The molecule has 0 N–H and O–H groups in total. The summed E-state index contributed by atoms with van der Waals surface area (Å²) in [5.41, 5.74) is 2.62. The monoisotopic (exact) mass is 366 g/mol. The van der Waals surface area contributed by atoms with E-state index in [1.165, 1.54) is 0 Å². The fraction of sp³-hybridized carbons (Fsp3) is 0.364. The van der Waals surface area contributed by atoms with Crippen LogP contribution in [-0.4, -0.2) is 54.9 Å². The molecule has 5 heteroatoms. The molecule has 142 valence electrons. The Kier molecular flexibility index (Phi) is 6.12. The zero-order chi connectivity index (χ0) is 19.2. The fourth-order valence-electron chi connectivity index (χ4n) is 3.41. The van der Waals surface area contributed by atoms with Gasteiger partial charge in [-0.2, -0.15) is 0 Å². The van der Waals surface area contributed by atoms with Crippen LogP contribution in [-0.2, 0) is 11.2 Å². The SMILES string of the molecule is COc1ccc(C)cc1C(=O)N1CCCN(C(=O)Cc2ccccc2)CC1. The Bertz CT molecular complexity index is 804. The quantitative estimate of drug-likeness (QED) is 0.836. The first kappa shape index (κ1) is 19.0. The minimum Gasteiger partial charge on any atom is -0.496 e. The van der Waals surface area contributed by atoms with Crippen LogP contribution in [0, 0.1) is 6.92 Å². The third kappa shape index (κ3) is 4.67. The molecule has 3 rings (SSSR count). The number of aryl methyl sites for hydroxylation is 1. The number of benzene rings is 2. The maximum absolute atomic E-state index is 13.0. The highest BCUT2D eigenvalue weighted by Gasteiger charge is 2.24. The predicted octanol–water partition coefficient (Wildman–Crippen LogP) is 2.92. The van der Waals surface area contributed by atoms with Gasteiger partial charge in [-0.3, -0.25) is 9.59 Å². The first-order chi connectivity index (χ1) is 13.1. The minimum absolute atomic E-state index is 0.0343. The number of rotatable bonds is 4. The van der Waals surface area contributed by atoms with Crippen molar-refractivity contribution in [2.75, 3.05) is 33.3 Å². The van der Waals surface area contributed by atoms with Crippen molar-refractivity contribution < 1.29 is 14.3 Å². The lowest BCUT2D eigenvalue weighted by Gasteiger charge is -2.23. The van der Waals surface area contributed by atoms with Gasteiger partial charge in [0, 0.05) is 26.2 Å². The average Bonchev–Trinajstić information content (AvgIpc) is 2.94. The van der Waals surface area contributed by atoms with E-state index in [1.807, 2.05) is 65.3 Å². The van der Waals surface area contributed by atoms with Crippen LogP contribution in [0.5, 0.6) is 5.75 Å². The molecular weight excluding hydrogens is 340 g/mol. The molecular formula is C22H26N2O3. The highest BCUT2D eigenvalue weighted by atomic mass is 16.5. The highest BCUT2D eigenvalue weighted by Crippen LogP contribution is 2.22.